The van der Waals surface area contributed by atoms with Crippen molar-refractivity contribution in [2.75, 3.05) is 13.7 Å². The summed E-state index contributed by atoms with van der Waals surface area (Å²) in [5.74, 6) is 0.377. The lowest BCUT2D eigenvalue weighted by molar-refractivity contribution is -0.119. The first kappa shape index (κ1) is 23.3. The van der Waals surface area contributed by atoms with E-state index >= 15 is 0 Å². The van der Waals surface area contributed by atoms with Gasteiger partial charge in [0.1, 0.15) is 0 Å². The van der Waals surface area contributed by atoms with Gasteiger partial charge in [-0.15, -0.1) is 10.2 Å². The zero-order chi connectivity index (χ0) is 22.2. The molecule has 1 unspecified atom stereocenters. The highest BCUT2D eigenvalue weighted by atomic mass is 32.2. The monoisotopic (exact) mass is 445 g/mol. The molecule has 1 atom stereocenters. The summed E-state index contributed by atoms with van der Waals surface area (Å²) in [6.45, 7) is 4.84. The molecule has 0 radical (unpaired) electrons. The van der Waals surface area contributed by atoms with Crippen molar-refractivity contribution in [1.82, 2.24) is 25.4 Å². The summed E-state index contributed by atoms with van der Waals surface area (Å²) in [6, 6.07) is 7.77. The van der Waals surface area contributed by atoms with Crippen LogP contribution in [0, 0.1) is 6.92 Å². The number of rotatable bonds is 8. The maximum absolute atomic E-state index is 12.6. The highest BCUT2D eigenvalue weighted by molar-refractivity contribution is 8.00. The average molecular weight is 446 g/mol. The van der Waals surface area contributed by atoms with Crippen LogP contribution >= 0.6 is 11.8 Å². The van der Waals surface area contributed by atoms with Crippen LogP contribution in [0.15, 0.2) is 29.4 Å². The zero-order valence-electron chi connectivity index (χ0n) is 18.4. The van der Waals surface area contributed by atoms with Gasteiger partial charge in [-0.3, -0.25) is 14.7 Å². The molecular formula is C22H31N5O3S. The first-order valence-electron chi connectivity index (χ1n) is 10.7. The number of aromatic nitrogens is 3. The van der Waals surface area contributed by atoms with Gasteiger partial charge < -0.3 is 10.1 Å². The predicted octanol–water partition coefficient (Wildman–Crippen LogP) is 3.54. The number of amides is 3. The van der Waals surface area contributed by atoms with E-state index < -0.39 is 11.3 Å². The first-order chi connectivity index (χ1) is 15.0. The summed E-state index contributed by atoms with van der Waals surface area (Å²) < 4.78 is 7.20. The number of urea groups is 1. The number of carbonyl (C=O) groups is 2. The van der Waals surface area contributed by atoms with Crippen LogP contribution < -0.4 is 10.6 Å². The number of thioether (sulfide) groups is 1. The standard InChI is InChI=1S/C22H31N5O3S/c1-15-8-7-9-17(14-15)19-25-26-22(27(19)12-13-30-3)31-16(2)20(28)24-21(29)23-18-10-5-4-6-11-18/h7-9,14,16,18H,4-6,10-13H2,1-3H3,(H2,23,24,28,29). The normalized spacial score (nSPS) is 15.5. The Kier molecular flexibility index (Phi) is 8.48. The molecule has 2 N–H and O–H groups in total. The maximum atomic E-state index is 12.6. The molecule has 8 nitrogen and oxygen atoms in total. The van der Waals surface area contributed by atoms with E-state index in [-0.39, 0.29) is 11.9 Å². The smallest absolute Gasteiger partial charge is 0.321 e. The fourth-order valence-corrected chi connectivity index (χ4v) is 4.53. The van der Waals surface area contributed by atoms with Gasteiger partial charge in [-0.1, -0.05) is 54.8 Å². The van der Waals surface area contributed by atoms with Crippen molar-refractivity contribution in [2.24, 2.45) is 0 Å². The fourth-order valence-electron chi connectivity index (χ4n) is 3.65. The van der Waals surface area contributed by atoms with Crippen LogP contribution in [0.3, 0.4) is 0 Å². The van der Waals surface area contributed by atoms with Gasteiger partial charge in [-0.05, 0) is 32.8 Å². The van der Waals surface area contributed by atoms with Gasteiger partial charge in [0.05, 0.1) is 18.4 Å². The van der Waals surface area contributed by atoms with E-state index in [4.69, 9.17) is 4.74 Å². The largest absolute Gasteiger partial charge is 0.383 e. The van der Waals surface area contributed by atoms with Crippen LogP contribution in [0.2, 0.25) is 0 Å². The SMILES string of the molecule is COCCn1c(SC(C)C(=O)NC(=O)NC2CCCCC2)nnc1-c1cccc(C)c1. The number of carbonyl (C=O) groups excluding carboxylic acids is 2. The Labute approximate surface area is 187 Å². The highest BCUT2D eigenvalue weighted by Gasteiger charge is 2.23. The van der Waals surface area contributed by atoms with E-state index in [1.165, 1.54) is 18.2 Å². The Morgan fingerprint density at radius 3 is 2.74 bits per heavy atom. The van der Waals surface area contributed by atoms with E-state index in [0.29, 0.717) is 18.3 Å². The molecule has 1 aromatic carbocycles. The molecule has 2 aromatic rings. The predicted molar refractivity (Wildman–Crippen MR) is 121 cm³/mol. The molecule has 9 heteroatoms. The lowest BCUT2D eigenvalue weighted by atomic mass is 9.96. The Morgan fingerprint density at radius 1 is 1.26 bits per heavy atom. The summed E-state index contributed by atoms with van der Waals surface area (Å²) in [5.41, 5.74) is 2.09. The molecule has 3 rings (SSSR count). The zero-order valence-corrected chi connectivity index (χ0v) is 19.2. The number of benzene rings is 1. The van der Waals surface area contributed by atoms with E-state index in [2.05, 4.69) is 20.8 Å². The minimum atomic E-state index is -0.507. The Bertz CT molecular complexity index is 895. The van der Waals surface area contributed by atoms with Crippen molar-refractivity contribution < 1.29 is 14.3 Å². The molecule has 3 amide bonds. The summed E-state index contributed by atoms with van der Waals surface area (Å²) in [5, 5.41) is 14.1. The molecule has 1 aliphatic carbocycles. The minimum Gasteiger partial charge on any atom is -0.383 e. The Balaban J connectivity index is 1.66. The van der Waals surface area contributed by atoms with Crippen LogP contribution in [0.5, 0.6) is 0 Å². The second-order valence-electron chi connectivity index (χ2n) is 7.88. The van der Waals surface area contributed by atoms with Crippen molar-refractivity contribution in [3.63, 3.8) is 0 Å². The quantitative estimate of drug-likeness (QED) is 0.603. The molecule has 0 spiro atoms. The van der Waals surface area contributed by atoms with Crippen molar-refractivity contribution in [2.45, 2.75) is 68.9 Å². The molecular weight excluding hydrogens is 414 g/mol. The molecule has 0 aliphatic heterocycles. The molecule has 1 aromatic heterocycles. The number of hydrogen-bond acceptors (Lipinski definition) is 6. The number of hydrogen-bond donors (Lipinski definition) is 2. The van der Waals surface area contributed by atoms with E-state index in [9.17, 15) is 9.59 Å². The second-order valence-corrected chi connectivity index (χ2v) is 9.19. The van der Waals surface area contributed by atoms with Gasteiger partial charge in [0.15, 0.2) is 11.0 Å². The number of methoxy groups -OCH3 is 1. The molecule has 0 saturated heterocycles. The van der Waals surface area contributed by atoms with Crippen molar-refractivity contribution in [3.05, 3.63) is 29.8 Å². The van der Waals surface area contributed by atoms with Crippen molar-refractivity contribution in [1.29, 1.82) is 0 Å². The number of nitrogens with one attached hydrogen (secondary N) is 2. The Morgan fingerprint density at radius 2 is 2.03 bits per heavy atom. The molecule has 1 saturated carbocycles. The van der Waals surface area contributed by atoms with Crippen LogP contribution in [0.25, 0.3) is 11.4 Å². The first-order valence-corrected chi connectivity index (χ1v) is 11.6. The molecule has 1 heterocycles. The highest BCUT2D eigenvalue weighted by Crippen LogP contribution is 2.27. The molecule has 1 fully saturated rings. The maximum Gasteiger partial charge on any atom is 0.321 e. The molecule has 31 heavy (non-hydrogen) atoms. The van der Waals surface area contributed by atoms with Gasteiger partial charge in [-0.2, -0.15) is 0 Å². The van der Waals surface area contributed by atoms with Crippen LogP contribution in [0.1, 0.15) is 44.6 Å². The lowest BCUT2D eigenvalue weighted by Crippen LogP contribution is -2.47. The topological polar surface area (TPSA) is 98.1 Å². The summed E-state index contributed by atoms with van der Waals surface area (Å²) in [6.07, 6.45) is 5.38. The summed E-state index contributed by atoms with van der Waals surface area (Å²) in [4.78, 5) is 24.8. The third kappa shape index (κ3) is 6.54. The average Bonchev–Trinajstić information content (AvgIpc) is 3.15. The third-order valence-electron chi connectivity index (χ3n) is 5.34. The minimum absolute atomic E-state index is 0.151. The number of aryl methyl sites for hydroxylation is 1. The second kappa shape index (κ2) is 11.3. The van der Waals surface area contributed by atoms with Gasteiger partial charge in [-0.25, -0.2) is 4.79 Å². The van der Waals surface area contributed by atoms with Crippen LogP contribution in [-0.2, 0) is 16.1 Å². The molecule has 168 valence electrons. The molecule has 1 aliphatic rings. The van der Waals surface area contributed by atoms with Gasteiger partial charge >= 0.3 is 6.03 Å². The van der Waals surface area contributed by atoms with Gasteiger partial charge in [0.2, 0.25) is 5.91 Å². The number of imide groups is 1. The number of ether oxygens (including phenoxy) is 1. The van der Waals surface area contributed by atoms with E-state index in [1.54, 1.807) is 14.0 Å². The van der Waals surface area contributed by atoms with Crippen LogP contribution in [0.4, 0.5) is 4.79 Å². The lowest BCUT2D eigenvalue weighted by Gasteiger charge is -2.23. The molecule has 0 bridgehead atoms. The van der Waals surface area contributed by atoms with E-state index in [1.807, 2.05) is 35.8 Å². The fraction of sp³-hybridized carbons (Fsp3) is 0.545. The van der Waals surface area contributed by atoms with Gasteiger partial charge in [0.25, 0.3) is 0 Å². The van der Waals surface area contributed by atoms with Crippen molar-refractivity contribution >= 4 is 23.7 Å². The number of nitrogens with zero attached hydrogens (tertiary/aromatic N) is 3. The summed E-state index contributed by atoms with van der Waals surface area (Å²) >= 11 is 1.28. The third-order valence-corrected chi connectivity index (χ3v) is 6.42. The van der Waals surface area contributed by atoms with E-state index in [0.717, 1.165) is 42.6 Å². The Hall–Kier alpha value is -2.39. The van der Waals surface area contributed by atoms with Crippen LogP contribution in [-0.4, -0.2) is 51.7 Å². The van der Waals surface area contributed by atoms with Gasteiger partial charge in [0, 0.05) is 18.7 Å². The van der Waals surface area contributed by atoms with Crippen molar-refractivity contribution in [3.8, 4) is 11.4 Å². The summed E-state index contributed by atoms with van der Waals surface area (Å²) in [7, 11) is 1.64.